The highest BCUT2D eigenvalue weighted by molar-refractivity contribution is 7.91. The highest BCUT2D eigenvalue weighted by Gasteiger charge is 2.29. The number of carbonyl (C=O) groups excluding carboxylic acids is 1. The van der Waals surface area contributed by atoms with Gasteiger partial charge in [-0.3, -0.25) is 4.79 Å². The molecular formula is C11H13ClN2O3S. The van der Waals surface area contributed by atoms with E-state index in [9.17, 15) is 13.2 Å². The van der Waals surface area contributed by atoms with Crippen molar-refractivity contribution in [3.63, 3.8) is 0 Å². The van der Waals surface area contributed by atoms with Crippen LogP contribution in [0.3, 0.4) is 0 Å². The Hall–Kier alpha value is -1.14. The molecule has 0 bridgehead atoms. The van der Waals surface area contributed by atoms with Crippen LogP contribution in [0.2, 0.25) is 5.15 Å². The van der Waals surface area contributed by atoms with Crippen LogP contribution in [0.1, 0.15) is 12.8 Å². The van der Waals surface area contributed by atoms with Crippen molar-refractivity contribution in [3.8, 4) is 0 Å². The van der Waals surface area contributed by atoms with Crippen LogP contribution in [0.5, 0.6) is 0 Å². The summed E-state index contributed by atoms with van der Waals surface area (Å²) < 4.78 is 22.5. The number of hydrogen-bond donors (Lipinski definition) is 1. The lowest BCUT2D eigenvalue weighted by Gasteiger charge is -2.08. The minimum atomic E-state index is -2.93. The largest absolute Gasteiger partial charge is 0.326 e. The summed E-state index contributed by atoms with van der Waals surface area (Å²) in [5.74, 6) is 0.0236. The minimum absolute atomic E-state index is 0.0766. The van der Waals surface area contributed by atoms with Gasteiger partial charge in [-0.05, 0) is 24.5 Å². The first kappa shape index (κ1) is 13.3. The summed E-state index contributed by atoms with van der Waals surface area (Å²) in [5, 5.41) is 2.98. The number of pyridine rings is 1. The van der Waals surface area contributed by atoms with Gasteiger partial charge >= 0.3 is 0 Å². The van der Waals surface area contributed by atoms with Gasteiger partial charge in [-0.15, -0.1) is 0 Å². The molecule has 2 heterocycles. The fraction of sp³-hybridized carbons (Fsp3) is 0.455. The van der Waals surface area contributed by atoms with Gasteiger partial charge in [0.05, 0.1) is 11.5 Å². The number of anilines is 1. The molecule has 18 heavy (non-hydrogen) atoms. The zero-order valence-corrected chi connectivity index (χ0v) is 11.2. The first-order chi connectivity index (χ1) is 8.44. The van der Waals surface area contributed by atoms with E-state index in [1.54, 1.807) is 12.1 Å². The fourth-order valence-corrected chi connectivity index (χ4v) is 4.02. The number of nitrogens with one attached hydrogen (secondary N) is 1. The molecule has 1 amide bonds. The van der Waals surface area contributed by atoms with Crippen molar-refractivity contribution < 1.29 is 13.2 Å². The number of hydrogen-bond acceptors (Lipinski definition) is 4. The predicted molar refractivity (Wildman–Crippen MR) is 69.3 cm³/mol. The van der Waals surface area contributed by atoms with E-state index >= 15 is 0 Å². The lowest BCUT2D eigenvalue weighted by atomic mass is 10.1. The first-order valence-corrected chi connectivity index (χ1v) is 7.76. The molecule has 0 radical (unpaired) electrons. The van der Waals surface area contributed by atoms with Crippen molar-refractivity contribution in [2.24, 2.45) is 5.92 Å². The minimum Gasteiger partial charge on any atom is -0.326 e. The number of amides is 1. The number of sulfone groups is 1. The molecule has 0 aromatic carbocycles. The molecule has 1 aromatic rings. The van der Waals surface area contributed by atoms with E-state index in [1.807, 2.05) is 0 Å². The van der Waals surface area contributed by atoms with E-state index in [4.69, 9.17) is 11.6 Å². The molecule has 1 fully saturated rings. The molecule has 1 aliphatic rings. The van der Waals surface area contributed by atoms with Crippen molar-refractivity contribution in [1.29, 1.82) is 0 Å². The van der Waals surface area contributed by atoms with Gasteiger partial charge in [0.1, 0.15) is 5.15 Å². The SMILES string of the molecule is O=C(CC1CCS(=O)(=O)C1)Nc1ccnc(Cl)c1. The zero-order chi connectivity index (χ0) is 13.2. The average Bonchev–Trinajstić information content (AvgIpc) is 2.57. The van der Waals surface area contributed by atoms with Gasteiger partial charge in [0.2, 0.25) is 5.91 Å². The van der Waals surface area contributed by atoms with Crippen LogP contribution in [-0.4, -0.2) is 30.8 Å². The van der Waals surface area contributed by atoms with E-state index in [-0.39, 0.29) is 29.8 Å². The molecule has 0 saturated carbocycles. The Morgan fingerprint density at radius 2 is 2.33 bits per heavy atom. The average molecular weight is 289 g/mol. The lowest BCUT2D eigenvalue weighted by Crippen LogP contribution is -2.17. The van der Waals surface area contributed by atoms with Crippen molar-refractivity contribution >= 4 is 33.0 Å². The van der Waals surface area contributed by atoms with E-state index in [0.29, 0.717) is 17.3 Å². The maximum absolute atomic E-state index is 11.7. The van der Waals surface area contributed by atoms with Crippen LogP contribution in [0.15, 0.2) is 18.3 Å². The van der Waals surface area contributed by atoms with Gasteiger partial charge in [-0.1, -0.05) is 11.6 Å². The third-order valence-electron chi connectivity index (χ3n) is 2.81. The normalized spacial score (nSPS) is 21.7. The van der Waals surface area contributed by atoms with E-state index in [1.165, 1.54) is 6.20 Å². The molecule has 1 saturated heterocycles. The lowest BCUT2D eigenvalue weighted by molar-refractivity contribution is -0.116. The molecule has 1 aromatic heterocycles. The molecule has 7 heteroatoms. The molecule has 0 aliphatic carbocycles. The highest BCUT2D eigenvalue weighted by Crippen LogP contribution is 2.22. The number of aromatic nitrogens is 1. The summed E-state index contributed by atoms with van der Waals surface area (Å²) in [6.07, 6.45) is 2.28. The summed E-state index contributed by atoms with van der Waals surface area (Å²) in [6, 6.07) is 3.18. The molecule has 2 rings (SSSR count). The van der Waals surface area contributed by atoms with Crippen molar-refractivity contribution in [2.75, 3.05) is 16.8 Å². The molecule has 1 unspecified atom stereocenters. The number of halogens is 1. The van der Waals surface area contributed by atoms with Gasteiger partial charge in [0.15, 0.2) is 9.84 Å². The topological polar surface area (TPSA) is 76.1 Å². The van der Waals surface area contributed by atoms with E-state index in [0.717, 1.165) is 0 Å². The molecule has 5 nitrogen and oxygen atoms in total. The third-order valence-corrected chi connectivity index (χ3v) is 4.85. The second kappa shape index (κ2) is 5.24. The standard InChI is InChI=1S/C11H13ClN2O3S/c12-10-6-9(1-3-13-10)14-11(15)5-8-2-4-18(16,17)7-8/h1,3,6,8H,2,4-5,7H2,(H,13,14,15). The van der Waals surface area contributed by atoms with E-state index < -0.39 is 9.84 Å². The Bertz CT molecular complexity index is 559. The van der Waals surface area contributed by atoms with Gasteiger partial charge in [-0.25, -0.2) is 13.4 Å². The summed E-state index contributed by atoms with van der Waals surface area (Å²) in [7, 11) is -2.93. The molecular weight excluding hydrogens is 276 g/mol. The van der Waals surface area contributed by atoms with Gasteiger partial charge in [-0.2, -0.15) is 0 Å². The fourth-order valence-electron chi connectivity index (χ4n) is 1.99. The van der Waals surface area contributed by atoms with Gasteiger partial charge in [0, 0.05) is 18.3 Å². The van der Waals surface area contributed by atoms with Crippen LogP contribution in [0.25, 0.3) is 0 Å². The summed E-state index contributed by atoms with van der Waals surface area (Å²) >= 11 is 5.69. The number of rotatable bonds is 3. The van der Waals surface area contributed by atoms with Gasteiger partial charge in [0.25, 0.3) is 0 Å². The summed E-state index contributed by atoms with van der Waals surface area (Å²) in [6.45, 7) is 0. The number of carbonyl (C=O) groups is 1. The summed E-state index contributed by atoms with van der Waals surface area (Å²) in [5.41, 5.74) is 0.570. The number of nitrogens with zero attached hydrogens (tertiary/aromatic N) is 1. The highest BCUT2D eigenvalue weighted by atomic mass is 35.5. The Labute approximate surface area is 110 Å². The second-order valence-corrected chi connectivity index (χ2v) is 7.00. The van der Waals surface area contributed by atoms with Gasteiger partial charge < -0.3 is 5.32 Å². The Morgan fingerprint density at radius 1 is 1.56 bits per heavy atom. The smallest absolute Gasteiger partial charge is 0.224 e. The van der Waals surface area contributed by atoms with Crippen LogP contribution >= 0.6 is 11.6 Å². The molecule has 0 spiro atoms. The maximum atomic E-state index is 11.7. The molecule has 1 N–H and O–H groups in total. The Morgan fingerprint density at radius 3 is 2.94 bits per heavy atom. The zero-order valence-electron chi connectivity index (χ0n) is 9.60. The maximum Gasteiger partial charge on any atom is 0.224 e. The third kappa shape index (κ3) is 3.68. The van der Waals surface area contributed by atoms with Crippen LogP contribution in [0, 0.1) is 5.92 Å². The van der Waals surface area contributed by atoms with Crippen molar-refractivity contribution in [1.82, 2.24) is 4.98 Å². The monoisotopic (exact) mass is 288 g/mol. The molecule has 1 atom stereocenters. The van der Waals surface area contributed by atoms with Crippen LogP contribution in [0.4, 0.5) is 5.69 Å². The quantitative estimate of drug-likeness (QED) is 0.855. The Kier molecular flexibility index (Phi) is 3.87. The molecule has 1 aliphatic heterocycles. The van der Waals surface area contributed by atoms with E-state index in [2.05, 4.69) is 10.3 Å². The van der Waals surface area contributed by atoms with Crippen LogP contribution < -0.4 is 5.32 Å². The predicted octanol–water partition coefficient (Wildman–Crippen LogP) is 1.50. The van der Waals surface area contributed by atoms with Crippen molar-refractivity contribution in [2.45, 2.75) is 12.8 Å². The Balaban J connectivity index is 1.90. The first-order valence-electron chi connectivity index (χ1n) is 5.56. The van der Waals surface area contributed by atoms with Crippen LogP contribution in [-0.2, 0) is 14.6 Å². The van der Waals surface area contributed by atoms with Crippen molar-refractivity contribution in [3.05, 3.63) is 23.5 Å². The second-order valence-electron chi connectivity index (χ2n) is 4.39. The summed E-state index contributed by atoms with van der Waals surface area (Å²) in [4.78, 5) is 15.5. The molecule has 98 valence electrons.